The summed E-state index contributed by atoms with van der Waals surface area (Å²) in [5, 5.41) is 0. The van der Waals surface area contributed by atoms with Gasteiger partial charge in [-0.05, 0) is 25.8 Å². The molecule has 0 spiro atoms. The number of piperazine rings is 1. The molecule has 1 aliphatic rings. The SMILES string of the molecule is CCCc1nc(-c2ccccc2)nc(C(=O)N2CCN(C(=O)COCc3ccccc3)C(C)C2)c1C(=O)OCC. The number of hydrogen-bond acceptors (Lipinski definition) is 7. The van der Waals surface area contributed by atoms with Gasteiger partial charge < -0.3 is 19.3 Å². The fraction of sp³-hybridized carbons (Fsp3) is 0.387. The molecule has 2 heterocycles. The Morgan fingerprint density at radius 1 is 0.950 bits per heavy atom. The molecule has 1 unspecified atom stereocenters. The summed E-state index contributed by atoms with van der Waals surface area (Å²) in [5.74, 6) is -0.718. The van der Waals surface area contributed by atoms with Crippen molar-refractivity contribution in [1.82, 2.24) is 19.8 Å². The van der Waals surface area contributed by atoms with Gasteiger partial charge in [-0.15, -0.1) is 0 Å². The van der Waals surface area contributed by atoms with Gasteiger partial charge in [0.15, 0.2) is 5.82 Å². The Balaban J connectivity index is 1.53. The van der Waals surface area contributed by atoms with E-state index in [1.54, 1.807) is 16.7 Å². The van der Waals surface area contributed by atoms with Crippen molar-refractivity contribution in [2.75, 3.05) is 32.8 Å². The molecular weight excluding hydrogens is 508 g/mol. The van der Waals surface area contributed by atoms with Gasteiger partial charge in [0.1, 0.15) is 17.9 Å². The van der Waals surface area contributed by atoms with Gasteiger partial charge in [-0.1, -0.05) is 74.0 Å². The van der Waals surface area contributed by atoms with Gasteiger partial charge >= 0.3 is 5.97 Å². The number of nitrogens with zero attached hydrogens (tertiary/aromatic N) is 4. The number of rotatable bonds is 10. The van der Waals surface area contributed by atoms with Gasteiger partial charge in [0.25, 0.3) is 5.91 Å². The fourth-order valence-electron chi connectivity index (χ4n) is 4.79. The molecule has 1 atom stereocenters. The highest BCUT2D eigenvalue weighted by Gasteiger charge is 2.34. The highest BCUT2D eigenvalue weighted by atomic mass is 16.5. The summed E-state index contributed by atoms with van der Waals surface area (Å²) in [5.41, 5.74) is 2.40. The first-order chi connectivity index (χ1) is 19.4. The second-order valence-corrected chi connectivity index (χ2v) is 9.72. The fourth-order valence-corrected chi connectivity index (χ4v) is 4.79. The molecule has 0 bridgehead atoms. The maximum atomic E-state index is 13.9. The Morgan fingerprint density at radius 2 is 1.65 bits per heavy atom. The monoisotopic (exact) mass is 544 g/mol. The van der Waals surface area contributed by atoms with Crippen LogP contribution in [-0.2, 0) is 27.3 Å². The second kappa shape index (κ2) is 13.8. The van der Waals surface area contributed by atoms with E-state index in [1.165, 1.54) is 0 Å². The van der Waals surface area contributed by atoms with Crippen LogP contribution in [0.3, 0.4) is 0 Å². The van der Waals surface area contributed by atoms with Gasteiger partial charge in [0.05, 0.1) is 18.9 Å². The zero-order valence-corrected chi connectivity index (χ0v) is 23.3. The number of carbonyl (C=O) groups is 3. The van der Waals surface area contributed by atoms with E-state index in [-0.39, 0.29) is 42.3 Å². The second-order valence-electron chi connectivity index (χ2n) is 9.72. The summed E-state index contributed by atoms with van der Waals surface area (Å²) in [4.78, 5) is 52.5. The van der Waals surface area contributed by atoms with Gasteiger partial charge in [-0.2, -0.15) is 0 Å². The molecule has 4 rings (SSSR count). The van der Waals surface area contributed by atoms with Crippen LogP contribution < -0.4 is 0 Å². The molecule has 3 aromatic rings. The number of aromatic nitrogens is 2. The van der Waals surface area contributed by atoms with Crippen molar-refractivity contribution in [3.63, 3.8) is 0 Å². The van der Waals surface area contributed by atoms with E-state index in [1.807, 2.05) is 74.5 Å². The summed E-state index contributed by atoms with van der Waals surface area (Å²) >= 11 is 0. The summed E-state index contributed by atoms with van der Waals surface area (Å²) in [6.45, 7) is 7.07. The van der Waals surface area contributed by atoms with Crippen LogP contribution in [0, 0.1) is 0 Å². The molecule has 0 radical (unpaired) electrons. The predicted octanol–water partition coefficient (Wildman–Crippen LogP) is 4.16. The van der Waals surface area contributed by atoms with Crippen molar-refractivity contribution in [3.8, 4) is 11.4 Å². The van der Waals surface area contributed by atoms with Crippen LogP contribution in [0.15, 0.2) is 60.7 Å². The summed E-state index contributed by atoms with van der Waals surface area (Å²) in [7, 11) is 0. The van der Waals surface area contributed by atoms with Crippen LogP contribution in [0.5, 0.6) is 0 Å². The molecule has 1 fully saturated rings. The van der Waals surface area contributed by atoms with E-state index in [4.69, 9.17) is 9.47 Å². The Hall–Kier alpha value is -4.11. The van der Waals surface area contributed by atoms with E-state index in [0.29, 0.717) is 44.2 Å². The molecule has 1 aliphatic heterocycles. The van der Waals surface area contributed by atoms with Crippen molar-refractivity contribution in [2.45, 2.75) is 46.3 Å². The van der Waals surface area contributed by atoms with Gasteiger partial charge in [-0.25, -0.2) is 14.8 Å². The predicted molar refractivity (Wildman–Crippen MR) is 151 cm³/mol. The number of esters is 1. The minimum atomic E-state index is -0.605. The third kappa shape index (κ3) is 6.90. The summed E-state index contributed by atoms with van der Waals surface area (Å²) < 4.78 is 11.0. The maximum Gasteiger partial charge on any atom is 0.342 e. The zero-order valence-electron chi connectivity index (χ0n) is 23.3. The summed E-state index contributed by atoms with van der Waals surface area (Å²) in [6.07, 6.45) is 1.23. The van der Waals surface area contributed by atoms with Crippen LogP contribution in [0.1, 0.15) is 59.3 Å². The minimum absolute atomic E-state index is 0.0348. The zero-order chi connectivity index (χ0) is 28.5. The molecule has 40 heavy (non-hydrogen) atoms. The topological polar surface area (TPSA) is 102 Å². The van der Waals surface area contributed by atoms with E-state index in [9.17, 15) is 14.4 Å². The molecule has 1 saturated heterocycles. The number of carbonyl (C=O) groups excluding carboxylic acids is 3. The molecule has 9 nitrogen and oxygen atoms in total. The molecule has 0 saturated carbocycles. The molecule has 2 aromatic carbocycles. The first-order valence-corrected chi connectivity index (χ1v) is 13.8. The number of aryl methyl sites for hydroxylation is 1. The number of amides is 2. The van der Waals surface area contributed by atoms with Gasteiger partial charge in [0.2, 0.25) is 5.91 Å². The first-order valence-electron chi connectivity index (χ1n) is 13.8. The van der Waals surface area contributed by atoms with E-state index in [0.717, 1.165) is 17.5 Å². The third-order valence-electron chi connectivity index (χ3n) is 6.76. The van der Waals surface area contributed by atoms with Crippen molar-refractivity contribution in [1.29, 1.82) is 0 Å². The van der Waals surface area contributed by atoms with Crippen LogP contribution >= 0.6 is 0 Å². The number of hydrogen-bond donors (Lipinski definition) is 0. The molecule has 9 heteroatoms. The lowest BCUT2D eigenvalue weighted by atomic mass is 10.0. The van der Waals surface area contributed by atoms with E-state index >= 15 is 0 Å². The molecule has 1 aromatic heterocycles. The molecular formula is C31H36N4O5. The maximum absolute atomic E-state index is 13.9. The molecule has 210 valence electrons. The van der Waals surface area contributed by atoms with Crippen LogP contribution in [0.4, 0.5) is 0 Å². The Bertz CT molecular complexity index is 1320. The quantitative estimate of drug-likeness (QED) is 0.353. The molecule has 0 aliphatic carbocycles. The number of ether oxygens (including phenoxy) is 2. The van der Waals surface area contributed by atoms with Crippen molar-refractivity contribution < 1.29 is 23.9 Å². The first kappa shape index (κ1) is 28.9. The van der Waals surface area contributed by atoms with Crippen LogP contribution in [0.25, 0.3) is 11.4 Å². The lowest BCUT2D eigenvalue weighted by molar-refractivity contribution is -0.140. The standard InChI is InChI=1S/C31H36N4O5/c1-4-12-25-27(31(38)40-5-2)28(33-29(32-25)24-15-10-7-11-16-24)30(37)34-17-18-35(22(3)19-34)26(36)21-39-20-23-13-8-6-9-14-23/h6-11,13-16,22H,4-5,12,17-21H2,1-3H3. The van der Waals surface area contributed by atoms with Crippen molar-refractivity contribution in [2.24, 2.45) is 0 Å². The minimum Gasteiger partial charge on any atom is -0.462 e. The van der Waals surface area contributed by atoms with Crippen molar-refractivity contribution >= 4 is 17.8 Å². The normalized spacial score (nSPS) is 15.1. The van der Waals surface area contributed by atoms with Crippen LogP contribution in [-0.4, -0.2) is 76.4 Å². The average Bonchev–Trinajstić information content (AvgIpc) is 2.97. The Kier molecular flexibility index (Phi) is 9.96. The highest BCUT2D eigenvalue weighted by molar-refractivity contribution is 6.05. The molecule has 0 N–H and O–H groups in total. The third-order valence-corrected chi connectivity index (χ3v) is 6.76. The van der Waals surface area contributed by atoms with E-state index in [2.05, 4.69) is 9.97 Å². The van der Waals surface area contributed by atoms with Crippen molar-refractivity contribution in [3.05, 3.63) is 83.2 Å². The highest BCUT2D eigenvalue weighted by Crippen LogP contribution is 2.24. The average molecular weight is 545 g/mol. The van der Waals surface area contributed by atoms with Crippen LogP contribution in [0.2, 0.25) is 0 Å². The summed E-state index contributed by atoms with van der Waals surface area (Å²) in [6, 6.07) is 18.8. The smallest absolute Gasteiger partial charge is 0.342 e. The van der Waals surface area contributed by atoms with Gasteiger partial charge in [0, 0.05) is 31.2 Å². The van der Waals surface area contributed by atoms with Gasteiger partial charge in [-0.3, -0.25) is 9.59 Å². The lowest BCUT2D eigenvalue weighted by Gasteiger charge is -2.39. The Labute approximate surface area is 235 Å². The lowest BCUT2D eigenvalue weighted by Crippen LogP contribution is -2.56. The Morgan fingerprint density at radius 3 is 2.30 bits per heavy atom. The largest absolute Gasteiger partial charge is 0.462 e. The molecule has 2 amide bonds. The number of benzene rings is 2. The van der Waals surface area contributed by atoms with E-state index < -0.39 is 5.97 Å².